The number of anilines is 2. The molecule has 1 saturated heterocycles. The molecular weight excluding hydrogens is 392 g/mol. The average molecular weight is 416 g/mol. The summed E-state index contributed by atoms with van der Waals surface area (Å²) in [6.45, 7) is 0.126. The number of nitrogens with zero attached hydrogens (tertiary/aromatic N) is 4. The number of benzene rings is 1. The van der Waals surface area contributed by atoms with Gasteiger partial charge in [-0.25, -0.2) is 4.98 Å². The maximum atomic E-state index is 10.3. The molecule has 4 rings (SSSR count). The van der Waals surface area contributed by atoms with Gasteiger partial charge >= 0.3 is 0 Å². The molecule has 0 saturated carbocycles. The summed E-state index contributed by atoms with van der Waals surface area (Å²) in [6.07, 6.45) is -2.22. The van der Waals surface area contributed by atoms with Gasteiger partial charge in [0.2, 0.25) is 5.95 Å². The van der Waals surface area contributed by atoms with Crippen LogP contribution >= 0.6 is 0 Å². The van der Waals surface area contributed by atoms with Gasteiger partial charge in [0.1, 0.15) is 24.1 Å². The first-order valence-electron chi connectivity index (χ1n) is 9.51. The first kappa shape index (κ1) is 20.3. The van der Waals surface area contributed by atoms with Crippen LogP contribution in [0, 0.1) is 0 Å². The number of methoxy groups -OCH3 is 1. The summed E-state index contributed by atoms with van der Waals surface area (Å²) in [6, 6.07) is 7.75. The van der Waals surface area contributed by atoms with E-state index in [0.29, 0.717) is 29.9 Å². The smallest absolute Gasteiger partial charge is 0.224 e. The predicted molar refractivity (Wildman–Crippen MR) is 108 cm³/mol. The van der Waals surface area contributed by atoms with Crippen molar-refractivity contribution in [3.05, 3.63) is 36.2 Å². The number of aliphatic hydroxyl groups excluding tert-OH is 3. The Balaban J connectivity index is 1.57. The molecule has 6 N–H and O–H groups in total. The summed E-state index contributed by atoms with van der Waals surface area (Å²) >= 11 is 0. The van der Waals surface area contributed by atoms with Gasteiger partial charge in [-0.1, -0.05) is 18.2 Å². The number of aromatic nitrogens is 4. The lowest BCUT2D eigenvalue weighted by atomic mass is 10.1. The average Bonchev–Trinajstić information content (AvgIpc) is 3.29. The molecule has 2 aromatic heterocycles. The number of aliphatic hydroxyl groups is 3. The van der Waals surface area contributed by atoms with Gasteiger partial charge in [0.05, 0.1) is 20.0 Å². The van der Waals surface area contributed by atoms with E-state index in [1.54, 1.807) is 7.11 Å². The molecule has 0 amide bonds. The molecule has 1 unspecified atom stereocenters. The highest BCUT2D eigenvalue weighted by Crippen LogP contribution is 2.32. The third kappa shape index (κ3) is 3.63. The quantitative estimate of drug-likeness (QED) is 0.345. The molecule has 160 valence electrons. The van der Waals surface area contributed by atoms with Crippen molar-refractivity contribution in [1.82, 2.24) is 19.5 Å². The molecule has 30 heavy (non-hydrogen) atoms. The number of hydrogen-bond acceptors (Lipinski definition) is 10. The zero-order chi connectivity index (χ0) is 21.3. The van der Waals surface area contributed by atoms with Crippen molar-refractivity contribution in [1.29, 1.82) is 0 Å². The van der Waals surface area contributed by atoms with Crippen LogP contribution in [-0.4, -0.2) is 73.4 Å². The van der Waals surface area contributed by atoms with E-state index in [1.165, 1.54) is 10.9 Å². The molecule has 0 spiro atoms. The Morgan fingerprint density at radius 2 is 2.03 bits per heavy atom. The first-order valence-corrected chi connectivity index (χ1v) is 9.51. The Kier molecular flexibility index (Phi) is 5.68. The molecule has 3 aromatic rings. The van der Waals surface area contributed by atoms with Crippen LogP contribution in [0.5, 0.6) is 5.75 Å². The Bertz CT molecular complexity index is 1030. The highest BCUT2D eigenvalue weighted by Gasteiger charge is 2.44. The maximum absolute atomic E-state index is 10.3. The minimum Gasteiger partial charge on any atom is -0.496 e. The van der Waals surface area contributed by atoms with Gasteiger partial charge in [-0.15, -0.1) is 0 Å². The highest BCUT2D eigenvalue weighted by molar-refractivity contribution is 5.84. The van der Waals surface area contributed by atoms with E-state index in [9.17, 15) is 15.3 Å². The van der Waals surface area contributed by atoms with Crippen molar-refractivity contribution in [2.75, 3.05) is 31.3 Å². The van der Waals surface area contributed by atoms with Crippen LogP contribution in [0.25, 0.3) is 11.2 Å². The lowest BCUT2D eigenvalue weighted by Gasteiger charge is -2.16. The summed E-state index contributed by atoms with van der Waals surface area (Å²) in [4.78, 5) is 12.8. The van der Waals surface area contributed by atoms with Crippen LogP contribution in [-0.2, 0) is 11.2 Å². The van der Waals surface area contributed by atoms with Crippen LogP contribution in [0.1, 0.15) is 11.8 Å². The molecule has 1 aliphatic rings. The number of ether oxygens (including phenoxy) is 2. The number of nitrogens with two attached hydrogens (primary N) is 1. The van der Waals surface area contributed by atoms with E-state index in [2.05, 4.69) is 20.3 Å². The summed E-state index contributed by atoms with van der Waals surface area (Å²) in [5, 5.41) is 32.9. The molecule has 3 heterocycles. The van der Waals surface area contributed by atoms with E-state index >= 15 is 0 Å². The minimum atomic E-state index is -1.25. The molecular formula is C19H24N6O5. The highest BCUT2D eigenvalue weighted by atomic mass is 16.6. The van der Waals surface area contributed by atoms with Gasteiger partial charge < -0.3 is 35.8 Å². The monoisotopic (exact) mass is 416 g/mol. The van der Waals surface area contributed by atoms with Crippen molar-refractivity contribution in [2.24, 2.45) is 0 Å². The molecule has 1 aromatic carbocycles. The van der Waals surface area contributed by atoms with Crippen LogP contribution < -0.4 is 15.8 Å². The zero-order valence-corrected chi connectivity index (χ0v) is 16.3. The van der Waals surface area contributed by atoms with Crippen molar-refractivity contribution in [3.8, 4) is 5.75 Å². The molecule has 4 atom stereocenters. The van der Waals surface area contributed by atoms with Crippen molar-refractivity contribution < 1.29 is 24.8 Å². The third-order valence-electron chi connectivity index (χ3n) is 5.11. The second kappa shape index (κ2) is 8.40. The Morgan fingerprint density at radius 3 is 2.77 bits per heavy atom. The third-order valence-corrected chi connectivity index (χ3v) is 5.11. The predicted octanol–water partition coefficient (Wildman–Crippen LogP) is -0.317. The minimum absolute atomic E-state index is 0.0239. The number of nitrogens with one attached hydrogen (secondary N) is 1. The Hall–Kier alpha value is -2.99. The van der Waals surface area contributed by atoms with Crippen LogP contribution in [0.2, 0.25) is 0 Å². The molecule has 0 aliphatic carbocycles. The van der Waals surface area contributed by atoms with Crippen molar-refractivity contribution in [3.63, 3.8) is 0 Å². The van der Waals surface area contributed by atoms with Crippen LogP contribution in [0.15, 0.2) is 30.6 Å². The molecule has 11 nitrogen and oxygen atoms in total. The molecule has 1 fully saturated rings. The van der Waals surface area contributed by atoms with E-state index < -0.39 is 31.1 Å². The Morgan fingerprint density at radius 1 is 1.23 bits per heavy atom. The Labute approximate surface area is 172 Å². The summed E-state index contributed by atoms with van der Waals surface area (Å²) in [5.74, 6) is 1.27. The fourth-order valence-corrected chi connectivity index (χ4v) is 3.58. The second-order valence-electron chi connectivity index (χ2n) is 6.97. The second-order valence-corrected chi connectivity index (χ2v) is 6.97. The number of rotatable bonds is 7. The summed E-state index contributed by atoms with van der Waals surface area (Å²) in [5.41, 5.74) is 7.71. The molecule has 1 aliphatic heterocycles. The van der Waals surface area contributed by atoms with E-state index in [4.69, 9.17) is 15.2 Å². The number of nitrogen functional groups attached to an aromatic ring is 1. The number of hydrogen-bond donors (Lipinski definition) is 5. The largest absolute Gasteiger partial charge is 0.496 e. The van der Waals surface area contributed by atoms with Crippen LogP contribution in [0.3, 0.4) is 0 Å². The first-order chi connectivity index (χ1) is 14.5. The van der Waals surface area contributed by atoms with E-state index in [0.717, 1.165) is 11.3 Å². The molecule has 0 radical (unpaired) electrons. The number of para-hydroxylation sites is 1. The lowest BCUT2D eigenvalue weighted by Crippen LogP contribution is -2.33. The summed E-state index contributed by atoms with van der Waals surface area (Å²) in [7, 11) is 1.63. The zero-order valence-electron chi connectivity index (χ0n) is 16.3. The summed E-state index contributed by atoms with van der Waals surface area (Å²) < 4.78 is 12.4. The van der Waals surface area contributed by atoms with Gasteiger partial charge in [-0.3, -0.25) is 4.57 Å². The van der Waals surface area contributed by atoms with Gasteiger partial charge in [0, 0.05) is 6.54 Å². The van der Waals surface area contributed by atoms with E-state index in [1.807, 2.05) is 24.3 Å². The van der Waals surface area contributed by atoms with Crippen molar-refractivity contribution >= 4 is 22.9 Å². The number of fused-ring (bicyclic) bond motifs is 1. The van der Waals surface area contributed by atoms with Crippen LogP contribution in [0.4, 0.5) is 11.8 Å². The normalized spacial score (nSPS) is 23.7. The molecule has 11 heteroatoms. The standard InChI is InChI=1S/C19H24N6O5/c1-29-11-5-3-2-4-10(11)6-7-21-16-13-17(24-19(20)23-16)25(9-22-13)18-15(28)14(27)12(8-26)30-18/h2-5,9,12,14-15,18,26-28H,6-8H2,1H3,(H3,20,21,23,24)/t12-,14-,15-,18?/m1/s1. The van der Waals surface area contributed by atoms with Gasteiger partial charge in [-0.2, -0.15) is 9.97 Å². The maximum Gasteiger partial charge on any atom is 0.224 e. The van der Waals surface area contributed by atoms with Gasteiger partial charge in [0.15, 0.2) is 23.2 Å². The van der Waals surface area contributed by atoms with E-state index in [-0.39, 0.29) is 5.95 Å². The van der Waals surface area contributed by atoms with Crippen molar-refractivity contribution in [2.45, 2.75) is 31.0 Å². The fraction of sp³-hybridized carbons (Fsp3) is 0.421. The number of imidazole rings is 1. The fourth-order valence-electron chi connectivity index (χ4n) is 3.58. The van der Waals surface area contributed by atoms with Gasteiger partial charge in [0.25, 0.3) is 0 Å². The molecule has 0 bridgehead atoms. The van der Waals surface area contributed by atoms with Gasteiger partial charge in [-0.05, 0) is 18.1 Å². The lowest BCUT2D eigenvalue weighted by molar-refractivity contribution is -0.0511. The topological polar surface area (TPSA) is 161 Å². The SMILES string of the molecule is COc1ccccc1CCNc1nc(N)nc2c1ncn2C1O[C@H](CO)[C@@H](O)[C@H]1O.